The number of carbonyl (C=O) groups is 1. The van der Waals surface area contributed by atoms with E-state index in [1.807, 2.05) is 42.5 Å². The van der Waals surface area contributed by atoms with E-state index in [9.17, 15) is 4.79 Å². The highest BCUT2D eigenvalue weighted by atomic mass is 16.5. The van der Waals surface area contributed by atoms with Gasteiger partial charge in [-0.1, -0.05) is 24.3 Å². The smallest absolute Gasteiger partial charge is 0.276 e. The molecule has 0 spiro atoms. The van der Waals surface area contributed by atoms with E-state index in [4.69, 9.17) is 9.47 Å². The van der Waals surface area contributed by atoms with Crippen molar-refractivity contribution in [2.24, 2.45) is 0 Å². The predicted octanol–water partition coefficient (Wildman–Crippen LogP) is 3.27. The lowest BCUT2D eigenvalue weighted by Gasteiger charge is -2.09. The molecule has 2 heterocycles. The summed E-state index contributed by atoms with van der Waals surface area (Å²) in [4.78, 5) is 12.6. The van der Waals surface area contributed by atoms with E-state index in [1.165, 1.54) is 0 Å². The second-order valence-corrected chi connectivity index (χ2v) is 6.50. The molecule has 29 heavy (non-hydrogen) atoms. The van der Waals surface area contributed by atoms with Gasteiger partial charge in [-0.05, 0) is 30.2 Å². The summed E-state index contributed by atoms with van der Waals surface area (Å²) in [5.74, 6) is 1.12. The van der Waals surface area contributed by atoms with Crippen LogP contribution in [0.2, 0.25) is 0 Å². The van der Waals surface area contributed by atoms with Crippen LogP contribution in [-0.2, 0) is 13.0 Å². The highest BCUT2D eigenvalue weighted by molar-refractivity contribution is 6.10. The molecule has 0 bridgehead atoms. The van der Waals surface area contributed by atoms with E-state index in [2.05, 4.69) is 20.6 Å². The number of hydrogen-bond acceptors (Lipinski definition) is 5. The molecule has 0 atom stereocenters. The maximum atomic E-state index is 12.6. The number of amides is 1. The summed E-state index contributed by atoms with van der Waals surface area (Å²) in [7, 11) is 3.23. The fraction of sp³-hybridized carbons (Fsp3) is 0.190. The molecule has 0 aliphatic rings. The first-order chi connectivity index (χ1) is 14.2. The molecule has 2 aromatic carbocycles. The second-order valence-electron chi connectivity index (χ2n) is 6.50. The maximum absolute atomic E-state index is 12.6. The zero-order valence-corrected chi connectivity index (χ0v) is 16.2. The van der Waals surface area contributed by atoms with Crippen LogP contribution in [0.15, 0.2) is 54.9 Å². The van der Waals surface area contributed by atoms with Crippen molar-refractivity contribution in [3.63, 3.8) is 0 Å². The number of carbonyl (C=O) groups excluding carboxylic acids is 1. The number of benzene rings is 2. The van der Waals surface area contributed by atoms with Gasteiger partial charge in [0.25, 0.3) is 5.91 Å². The van der Waals surface area contributed by atoms with Gasteiger partial charge in [-0.3, -0.25) is 14.6 Å². The average molecular weight is 391 g/mol. The van der Waals surface area contributed by atoms with Crippen molar-refractivity contribution in [1.82, 2.24) is 20.0 Å². The number of fused-ring (bicyclic) bond motifs is 1. The third-order valence-corrected chi connectivity index (χ3v) is 4.65. The molecule has 2 N–H and O–H groups in total. The zero-order chi connectivity index (χ0) is 20.2. The monoisotopic (exact) mass is 391 g/mol. The number of aromatic amines is 1. The molecule has 0 saturated heterocycles. The van der Waals surface area contributed by atoms with Gasteiger partial charge in [-0.15, -0.1) is 0 Å². The first kappa shape index (κ1) is 18.5. The van der Waals surface area contributed by atoms with Crippen LogP contribution in [0.5, 0.6) is 11.5 Å². The van der Waals surface area contributed by atoms with Crippen LogP contribution in [0.1, 0.15) is 16.1 Å². The van der Waals surface area contributed by atoms with Crippen LogP contribution in [0.4, 0.5) is 5.69 Å². The Bertz CT molecular complexity index is 1150. The van der Waals surface area contributed by atoms with Crippen molar-refractivity contribution < 1.29 is 14.3 Å². The summed E-state index contributed by atoms with van der Waals surface area (Å²) >= 11 is 0. The average Bonchev–Trinajstić information content (AvgIpc) is 3.38. The molecule has 0 saturated carbocycles. The van der Waals surface area contributed by atoms with E-state index in [-0.39, 0.29) is 5.91 Å². The minimum Gasteiger partial charge on any atom is -0.493 e. The van der Waals surface area contributed by atoms with Crippen molar-refractivity contribution in [1.29, 1.82) is 0 Å². The SMILES string of the molecule is COc1ccc(CCn2cc(NC(=O)c3n[nH]c4ccccc34)cn2)cc1OC. The minimum atomic E-state index is -0.276. The van der Waals surface area contributed by atoms with Crippen molar-refractivity contribution >= 4 is 22.5 Å². The van der Waals surface area contributed by atoms with Crippen molar-refractivity contribution in [2.45, 2.75) is 13.0 Å². The molecule has 8 nitrogen and oxygen atoms in total. The van der Waals surface area contributed by atoms with Crippen molar-refractivity contribution in [3.05, 3.63) is 66.1 Å². The molecular formula is C21H21N5O3. The maximum Gasteiger partial charge on any atom is 0.276 e. The van der Waals surface area contributed by atoms with E-state index < -0.39 is 0 Å². The van der Waals surface area contributed by atoms with Gasteiger partial charge in [0.2, 0.25) is 0 Å². The van der Waals surface area contributed by atoms with Crippen LogP contribution in [0, 0.1) is 0 Å². The Hall–Kier alpha value is -3.81. The Balaban J connectivity index is 1.40. The molecule has 0 fully saturated rings. The molecule has 4 aromatic rings. The van der Waals surface area contributed by atoms with Gasteiger partial charge in [0.15, 0.2) is 17.2 Å². The highest BCUT2D eigenvalue weighted by Gasteiger charge is 2.14. The van der Waals surface area contributed by atoms with Gasteiger partial charge in [0, 0.05) is 18.1 Å². The topological polar surface area (TPSA) is 94.1 Å². The minimum absolute atomic E-state index is 0.276. The van der Waals surface area contributed by atoms with Gasteiger partial charge in [0.1, 0.15) is 0 Å². The molecule has 4 rings (SSSR count). The fourth-order valence-corrected chi connectivity index (χ4v) is 3.16. The van der Waals surface area contributed by atoms with E-state index in [1.54, 1.807) is 31.3 Å². The van der Waals surface area contributed by atoms with E-state index in [0.717, 1.165) is 22.9 Å². The van der Waals surface area contributed by atoms with Gasteiger partial charge in [0.05, 0.1) is 31.6 Å². The normalized spacial score (nSPS) is 10.8. The fourth-order valence-electron chi connectivity index (χ4n) is 3.16. The van der Waals surface area contributed by atoms with Gasteiger partial charge >= 0.3 is 0 Å². The number of nitrogens with zero attached hydrogens (tertiary/aromatic N) is 3. The Morgan fingerprint density at radius 2 is 1.97 bits per heavy atom. The lowest BCUT2D eigenvalue weighted by atomic mass is 10.1. The lowest BCUT2D eigenvalue weighted by molar-refractivity contribution is 0.102. The molecule has 0 radical (unpaired) electrons. The molecule has 148 valence electrons. The predicted molar refractivity (Wildman–Crippen MR) is 110 cm³/mol. The van der Waals surface area contributed by atoms with Crippen LogP contribution >= 0.6 is 0 Å². The molecule has 2 aromatic heterocycles. The number of anilines is 1. The van der Waals surface area contributed by atoms with Crippen LogP contribution in [0.25, 0.3) is 10.9 Å². The standard InChI is InChI=1S/C21H21N5O3/c1-28-18-8-7-14(11-19(18)29-2)9-10-26-13-15(12-22-26)23-21(27)20-16-5-3-4-6-17(16)24-25-20/h3-8,11-13H,9-10H2,1-2H3,(H,23,27)(H,24,25). The molecule has 8 heteroatoms. The Morgan fingerprint density at radius 3 is 2.79 bits per heavy atom. The number of H-pyrrole nitrogens is 1. The molecule has 0 aliphatic carbocycles. The summed E-state index contributed by atoms with van der Waals surface area (Å²) in [5, 5.41) is 14.9. The van der Waals surface area contributed by atoms with E-state index in [0.29, 0.717) is 29.4 Å². The Morgan fingerprint density at radius 1 is 1.14 bits per heavy atom. The quantitative estimate of drug-likeness (QED) is 0.504. The van der Waals surface area contributed by atoms with Crippen LogP contribution in [0.3, 0.4) is 0 Å². The number of nitrogens with one attached hydrogen (secondary N) is 2. The molecule has 1 amide bonds. The second kappa shape index (κ2) is 8.05. The lowest BCUT2D eigenvalue weighted by Crippen LogP contribution is -2.12. The number of aryl methyl sites for hydroxylation is 2. The highest BCUT2D eigenvalue weighted by Crippen LogP contribution is 2.27. The summed E-state index contributed by atoms with van der Waals surface area (Å²) < 4.78 is 12.4. The number of aromatic nitrogens is 4. The number of para-hydroxylation sites is 1. The Labute approximate surface area is 167 Å². The number of hydrogen-bond donors (Lipinski definition) is 2. The summed E-state index contributed by atoms with van der Waals surface area (Å²) in [6.07, 6.45) is 4.19. The molecule has 0 aliphatic heterocycles. The van der Waals surface area contributed by atoms with Gasteiger partial charge < -0.3 is 14.8 Å². The van der Waals surface area contributed by atoms with Crippen molar-refractivity contribution in [2.75, 3.05) is 19.5 Å². The van der Waals surface area contributed by atoms with Crippen LogP contribution in [-0.4, -0.2) is 40.1 Å². The number of ether oxygens (including phenoxy) is 2. The van der Waals surface area contributed by atoms with Crippen LogP contribution < -0.4 is 14.8 Å². The van der Waals surface area contributed by atoms with E-state index >= 15 is 0 Å². The molecule has 0 unspecified atom stereocenters. The first-order valence-corrected chi connectivity index (χ1v) is 9.15. The summed E-state index contributed by atoms with van der Waals surface area (Å²) in [6.45, 7) is 0.663. The third kappa shape index (κ3) is 3.91. The largest absolute Gasteiger partial charge is 0.493 e. The third-order valence-electron chi connectivity index (χ3n) is 4.65. The number of methoxy groups -OCH3 is 2. The zero-order valence-electron chi connectivity index (χ0n) is 16.2. The van der Waals surface area contributed by atoms with Crippen molar-refractivity contribution in [3.8, 4) is 11.5 Å². The van der Waals surface area contributed by atoms with Gasteiger partial charge in [-0.2, -0.15) is 10.2 Å². The summed E-state index contributed by atoms with van der Waals surface area (Å²) in [5.41, 5.74) is 2.91. The Kier molecular flexibility index (Phi) is 5.15. The first-order valence-electron chi connectivity index (χ1n) is 9.15. The summed E-state index contributed by atoms with van der Waals surface area (Å²) in [6, 6.07) is 13.3. The molecular weight excluding hydrogens is 370 g/mol. The number of rotatable bonds is 7. The van der Waals surface area contributed by atoms with Gasteiger partial charge in [-0.25, -0.2) is 0 Å².